The van der Waals surface area contributed by atoms with Gasteiger partial charge in [0, 0.05) is 44.1 Å². The zero-order chi connectivity index (χ0) is 19.0. The Morgan fingerprint density at radius 1 is 1.22 bits per heavy atom. The summed E-state index contributed by atoms with van der Waals surface area (Å²) < 4.78 is 6.32. The Kier molecular flexibility index (Phi) is 5.30. The van der Waals surface area contributed by atoms with Gasteiger partial charge in [0.05, 0.1) is 0 Å². The maximum atomic E-state index is 11.7. The molecule has 4 heteroatoms. The lowest BCUT2D eigenvalue weighted by atomic mass is 9.62. The second-order valence-electron chi connectivity index (χ2n) is 9.27. The highest BCUT2D eigenvalue weighted by Gasteiger charge is 2.53. The highest BCUT2D eigenvalue weighted by Crippen LogP contribution is 2.51. The largest absolute Gasteiger partial charge is 0.373 e. The molecule has 1 heterocycles. The van der Waals surface area contributed by atoms with Gasteiger partial charge >= 0.3 is 0 Å². The molecule has 27 heavy (non-hydrogen) atoms. The summed E-state index contributed by atoms with van der Waals surface area (Å²) >= 11 is 0. The van der Waals surface area contributed by atoms with E-state index in [2.05, 4.69) is 17.9 Å². The SMILES string of the molecule is COC1(c2cccc(C(N)=O)c2)C2CCCC1CN(C[C@H]1CC[C@H](C)C1)C2. The number of fused-ring (bicyclic) bond motifs is 2. The Bertz CT molecular complexity index is 675. The van der Waals surface area contributed by atoms with E-state index in [0.29, 0.717) is 17.4 Å². The van der Waals surface area contributed by atoms with Crippen LogP contribution in [0.25, 0.3) is 0 Å². The molecule has 1 amide bonds. The number of nitrogens with zero attached hydrogens (tertiary/aromatic N) is 1. The van der Waals surface area contributed by atoms with Gasteiger partial charge in [-0.15, -0.1) is 0 Å². The second kappa shape index (κ2) is 7.56. The molecule has 3 aliphatic rings. The fraction of sp³-hybridized carbons (Fsp3) is 0.696. The predicted octanol–water partition coefficient (Wildman–Crippen LogP) is 3.80. The molecule has 2 unspecified atom stereocenters. The lowest BCUT2D eigenvalue weighted by Crippen LogP contribution is -2.59. The third kappa shape index (κ3) is 3.42. The third-order valence-corrected chi connectivity index (χ3v) is 7.53. The van der Waals surface area contributed by atoms with Crippen molar-refractivity contribution in [3.05, 3.63) is 35.4 Å². The van der Waals surface area contributed by atoms with E-state index in [0.717, 1.165) is 30.5 Å². The minimum atomic E-state index is -0.360. The summed E-state index contributed by atoms with van der Waals surface area (Å²) in [5.41, 5.74) is 7.01. The molecule has 4 nitrogen and oxygen atoms in total. The Labute approximate surface area is 163 Å². The van der Waals surface area contributed by atoms with Crippen molar-refractivity contribution in [1.29, 1.82) is 0 Å². The monoisotopic (exact) mass is 370 g/mol. The quantitative estimate of drug-likeness (QED) is 0.858. The summed E-state index contributed by atoms with van der Waals surface area (Å²) in [5, 5.41) is 0. The van der Waals surface area contributed by atoms with Crippen molar-refractivity contribution in [1.82, 2.24) is 4.90 Å². The van der Waals surface area contributed by atoms with Crippen molar-refractivity contribution in [3.63, 3.8) is 0 Å². The Morgan fingerprint density at radius 2 is 1.96 bits per heavy atom. The third-order valence-electron chi connectivity index (χ3n) is 7.53. The molecule has 0 spiro atoms. The van der Waals surface area contributed by atoms with Gasteiger partial charge in [0.2, 0.25) is 5.91 Å². The predicted molar refractivity (Wildman–Crippen MR) is 107 cm³/mol. The summed E-state index contributed by atoms with van der Waals surface area (Å²) in [7, 11) is 1.86. The maximum absolute atomic E-state index is 11.7. The van der Waals surface area contributed by atoms with Crippen LogP contribution < -0.4 is 5.73 Å². The first-order valence-electron chi connectivity index (χ1n) is 10.7. The van der Waals surface area contributed by atoms with Crippen LogP contribution in [0.5, 0.6) is 0 Å². The number of nitrogens with two attached hydrogens (primary N) is 1. The molecule has 1 saturated heterocycles. The number of likely N-dealkylation sites (tertiary alicyclic amines) is 1. The van der Waals surface area contributed by atoms with Crippen LogP contribution in [-0.2, 0) is 10.3 Å². The first kappa shape index (κ1) is 18.9. The minimum Gasteiger partial charge on any atom is -0.373 e. The molecular formula is C23H34N2O2. The number of hydrogen-bond acceptors (Lipinski definition) is 3. The summed E-state index contributed by atoms with van der Waals surface area (Å²) in [5.74, 6) is 2.37. The molecule has 1 aromatic carbocycles. The topological polar surface area (TPSA) is 55.6 Å². The minimum absolute atomic E-state index is 0.275. The molecule has 0 aromatic heterocycles. The van der Waals surface area contributed by atoms with E-state index in [1.54, 1.807) is 6.07 Å². The molecule has 1 aromatic rings. The first-order valence-corrected chi connectivity index (χ1v) is 10.7. The number of carbonyl (C=O) groups excluding carboxylic acids is 1. The molecule has 1 aliphatic heterocycles. The average molecular weight is 371 g/mol. The number of methoxy groups -OCH3 is 1. The van der Waals surface area contributed by atoms with Gasteiger partial charge in [0.1, 0.15) is 5.60 Å². The fourth-order valence-corrected chi connectivity index (χ4v) is 6.37. The van der Waals surface area contributed by atoms with E-state index in [1.165, 1.54) is 45.1 Å². The molecule has 4 rings (SSSR count). The first-order chi connectivity index (χ1) is 13.0. The molecule has 2 N–H and O–H groups in total. The van der Waals surface area contributed by atoms with Gasteiger partial charge in [-0.2, -0.15) is 0 Å². The highest BCUT2D eigenvalue weighted by molar-refractivity contribution is 5.92. The van der Waals surface area contributed by atoms with E-state index in [1.807, 2.05) is 19.2 Å². The van der Waals surface area contributed by atoms with Crippen LogP contribution in [0, 0.1) is 23.7 Å². The summed E-state index contributed by atoms with van der Waals surface area (Å²) in [6.07, 6.45) is 7.86. The van der Waals surface area contributed by atoms with E-state index in [9.17, 15) is 4.79 Å². The van der Waals surface area contributed by atoms with Crippen LogP contribution in [-0.4, -0.2) is 37.6 Å². The number of amides is 1. The van der Waals surface area contributed by atoms with Gasteiger partial charge in [-0.25, -0.2) is 0 Å². The lowest BCUT2D eigenvalue weighted by Gasteiger charge is -2.55. The average Bonchev–Trinajstić information content (AvgIpc) is 3.06. The van der Waals surface area contributed by atoms with Crippen LogP contribution in [0.15, 0.2) is 24.3 Å². The maximum Gasteiger partial charge on any atom is 0.248 e. The summed E-state index contributed by atoms with van der Waals surface area (Å²) in [6.45, 7) is 5.86. The van der Waals surface area contributed by atoms with Crippen LogP contribution in [0.2, 0.25) is 0 Å². The molecule has 2 bridgehead atoms. The van der Waals surface area contributed by atoms with Crippen molar-refractivity contribution >= 4 is 5.91 Å². The second-order valence-corrected chi connectivity index (χ2v) is 9.27. The van der Waals surface area contributed by atoms with E-state index in [-0.39, 0.29) is 11.5 Å². The zero-order valence-electron chi connectivity index (χ0n) is 16.8. The van der Waals surface area contributed by atoms with Crippen molar-refractivity contribution in [3.8, 4) is 0 Å². The van der Waals surface area contributed by atoms with Gasteiger partial charge in [0.15, 0.2) is 0 Å². The van der Waals surface area contributed by atoms with Crippen molar-refractivity contribution < 1.29 is 9.53 Å². The van der Waals surface area contributed by atoms with Crippen molar-refractivity contribution in [2.45, 2.75) is 51.0 Å². The number of primary amides is 1. The van der Waals surface area contributed by atoms with Crippen LogP contribution in [0.4, 0.5) is 0 Å². The number of carbonyl (C=O) groups is 1. The molecule has 2 saturated carbocycles. The Balaban J connectivity index is 1.59. The van der Waals surface area contributed by atoms with Gasteiger partial charge < -0.3 is 15.4 Å². The normalized spacial score (nSPS) is 36.7. The van der Waals surface area contributed by atoms with Gasteiger partial charge in [-0.05, 0) is 55.2 Å². The fourth-order valence-electron chi connectivity index (χ4n) is 6.37. The summed E-state index contributed by atoms with van der Waals surface area (Å²) in [4.78, 5) is 14.4. The molecule has 0 radical (unpaired) electrons. The van der Waals surface area contributed by atoms with E-state index in [4.69, 9.17) is 10.5 Å². The number of hydrogen-bond donors (Lipinski definition) is 1. The zero-order valence-corrected chi connectivity index (χ0v) is 16.8. The summed E-state index contributed by atoms with van der Waals surface area (Å²) in [6, 6.07) is 7.88. The molecule has 148 valence electrons. The van der Waals surface area contributed by atoms with E-state index < -0.39 is 0 Å². The molecular weight excluding hydrogens is 336 g/mol. The number of rotatable bonds is 5. The van der Waals surface area contributed by atoms with Gasteiger partial charge in [-0.3, -0.25) is 4.79 Å². The smallest absolute Gasteiger partial charge is 0.248 e. The van der Waals surface area contributed by atoms with Crippen LogP contribution >= 0.6 is 0 Å². The van der Waals surface area contributed by atoms with Crippen LogP contribution in [0.1, 0.15) is 61.4 Å². The van der Waals surface area contributed by atoms with Gasteiger partial charge in [-0.1, -0.05) is 31.9 Å². The van der Waals surface area contributed by atoms with Gasteiger partial charge in [0.25, 0.3) is 0 Å². The highest BCUT2D eigenvalue weighted by atomic mass is 16.5. The Hall–Kier alpha value is -1.39. The standard InChI is InChI=1S/C23H34N2O2/c1-16-9-10-17(11-16)13-25-14-20-7-4-8-21(15-25)23(20,27-2)19-6-3-5-18(12-19)22(24)26/h3,5-6,12,16-17,20-21H,4,7-11,13-15H2,1-2H3,(H2,24,26)/t16-,17-,20?,21?,23?/m0/s1. The number of benzene rings is 1. The van der Waals surface area contributed by atoms with Crippen LogP contribution in [0.3, 0.4) is 0 Å². The van der Waals surface area contributed by atoms with Crippen molar-refractivity contribution in [2.75, 3.05) is 26.7 Å². The number of piperidine rings is 1. The molecule has 3 fully saturated rings. The molecule has 2 aliphatic carbocycles. The van der Waals surface area contributed by atoms with E-state index >= 15 is 0 Å². The Morgan fingerprint density at radius 3 is 2.56 bits per heavy atom. The molecule has 4 atom stereocenters. The van der Waals surface area contributed by atoms with Crippen molar-refractivity contribution in [2.24, 2.45) is 29.4 Å². The number of ether oxygens (including phenoxy) is 1. The lowest BCUT2D eigenvalue weighted by molar-refractivity contribution is -0.170.